The second-order valence-electron chi connectivity index (χ2n) is 10.7. The van der Waals surface area contributed by atoms with E-state index >= 15 is 0 Å². The van der Waals surface area contributed by atoms with E-state index in [0.29, 0.717) is 27.7 Å². The van der Waals surface area contributed by atoms with Crippen molar-refractivity contribution in [1.29, 1.82) is 0 Å². The molecule has 2 saturated heterocycles. The molecule has 0 radical (unpaired) electrons. The standard InChI is InChI=1S/C31H30ClFN4OS/c1-19-15-20(2)18-36(17-19)26-11-10-23(16-24(26)32)37-30(29(35-31(37)39)25-5-3-4-14-34-25)28-13-12-27(38-28)21-6-8-22(33)9-7-21/h3-14,16,19-20,29-30H,15,17-18H2,1-2H3,(H,35,39)/t19-,20-,29-,30-/m0/s1. The molecule has 6 rings (SSSR count). The van der Waals surface area contributed by atoms with Crippen molar-refractivity contribution < 1.29 is 8.81 Å². The van der Waals surface area contributed by atoms with Crippen LogP contribution in [0.3, 0.4) is 0 Å². The van der Waals surface area contributed by atoms with Crippen LogP contribution in [-0.2, 0) is 0 Å². The first-order valence-electron chi connectivity index (χ1n) is 13.3. The van der Waals surface area contributed by atoms with Gasteiger partial charge in [-0.3, -0.25) is 4.98 Å². The number of aromatic nitrogens is 1. The number of rotatable bonds is 5. The van der Waals surface area contributed by atoms with Crippen molar-refractivity contribution in [2.75, 3.05) is 22.9 Å². The molecule has 2 aliphatic heterocycles. The topological polar surface area (TPSA) is 44.5 Å². The molecule has 2 aromatic heterocycles. The maximum Gasteiger partial charge on any atom is 0.174 e. The Balaban J connectivity index is 1.38. The molecule has 2 fully saturated rings. The third kappa shape index (κ3) is 5.13. The number of hydrogen-bond donors (Lipinski definition) is 1. The van der Waals surface area contributed by atoms with Gasteiger partial charge in [0.1, 0.15) is 23.4 Å². The lowest BCUT2D eigenvalue weighted by molar-refractivity contribution is 0.357. The molecular formula is C31H30ClFN4OS. The van der Waals surface area contributed by atoms with Crippen molar-refractivity contribution in [3.8, 4) is 11.3 Å². The van der Waals surface area contributed by atoms with Gasteiger partial charge in [0.25, 0.3) is 0 Å². The van der Waals surface area contributed by atoms with E-state index in [-0.39, 0.29) is 17.9 Å². The largest absolute Gasteiger partial charge is 0.459 e. The summed E-state index contributed by atoms with van der Waals surface area (Å²) < 4.78 is 19.9. The van der Waals surface area contributed by atoms with E-state index in [9.17, 15) is 4.39 Å². The van der Waals surface area contributed by atoms with E-state index in [1.165, 1.54) is 18.6 Å². The molecule has 0 aliphatic carbocycles. The molecule has 4 aromatic rings. The zero-order valence-corrected chi connectivity index (χ0v) is 23.4. The predicted molar refractivity (Wildman–Crippen MR) is 159 cm³/mol. The van der Waals surface area contributed by atoms with Crippen LogP contribution in [0.5, 0.6) is 0 Å². The average Bonchev–Trinajstić information content (AvgIpc) is 3.53. The summed E-state index contributed by atoms with van der Waals surface area (Å²) in [4.78, 5) is 9.06. The third-order valence-corrected chi connectivity index (χ3v) is 8.18. The number of thiocarbonyl (C=S) groups is 1. The number of piperidine rings is 1. The van der Waals surface area contributed by atoms with Crippen molar-refractivity contribution in [3.05, 3.63) is 101 Å². The van der Waals surface area contributed by atoms with Crippen LogP contribution >= 0.6 is 23.8 Å². The van der Waals surface area contributed by atoms with Crippen molar-refractivity contribution in [2.45, 2.75) is 32.4 Å². The van der Waals surface area contributed by atoms with E-state index in [0.717, 1.165) is 41.5 Å². The maximum absolute atomic E-state index is 13.5. The van der Waals surface area contributed by atoms with E-state index in [2.05, 4.69) is 46.1 Å². The van der Waals surface area contributed by atoms with Gasteiger partial charge in [0.2, 0.25) is 0 Å². The van der Waals surface area contributed by atoms with Crippen LogP contribution in [0, 0.1) is 17.7 Å². The highest BCUT2D eigenvalue weighted by molar-refractivity contribution is 7.80. The molecule has 0 saturated carbocycles. The summed E-state index contributed by atoms with van der Waals surface area (Å²) in [7, 11) is 0. The average molecular weight is 561 g/mol. The highest BCUT2D eigenvalue weighted by Gasteiger charge is 2.43. The van der Waals surface area contributed by atoms with Gasteiger partial charge in [-0.25, -0.2) is 4.39 Å². The van der Waals surface area contributed by atoms with E-state index in [1.54, 1.807) is 18.3 Å². The zero-order chi connectivity index (χ0) is 27.1. The van der Waals surface area contributed by atoms with Crippen LogP contribution in [-0.4, -0.2) is 23.2 Å². The summed E-state index contributed by atoms with van der Waals surface area (Å²) in [5.41, 5.74) is 3.58. The molecule has 39 heavy (non-hydrogen) atoms. The lowest BCUT2D eigenvalue weighted by atomic mass is 9.91. The van der Waals surface area contributed by atoms with Gasteiger partial charge < -0.3 is 19.5 Å². The van der Waals surface area contributed by atoms with Gasteiger partial charge in [0.05, 0.1) is 22.4 Å². The Hall–Kier alpha value is -3.42. The van der Waals surface area contributed by atoms with Crippen molar-refractivity contribution in [3.63, 3.8) is 0 Å². The molecule has 1 N–H and O–H groups in total. The minimum atomic E-state index is -0.307. The Morgan fingerprint density at radius 3 is 2.46 bits per heavy atom. The summed E-state index contributed by atoms with van der Waals surface area (Å²) in [6.45, 7) is 6.59. The molecule has 2 aliphatic rings. The summed E-state index contributed by atoms with van der Waals surface area (Å²) >= 11 is 12.8. The fourth-order valence-corrected chi connectivity index (χ4v) is 6.60. The van der Waals surface area contributed by atoms with Gasteiger partial charge in [-0.15, -0.1) is 0 Å². The fourth-order valence-electron chi connectivity index (χ4n) is 5.96. The van der Waals surface area contributed by atoms with Gasteiger partial charge in [-0.2, -0.15) is 0 Å². The van der Waals surface area contributed by atoms with E-state index in [4.69, 9.17) is 28.2 Å². The SMILES string of the molecule is C[C@H]1C[C@H](C)CN(c2ccc(N3C(=S)N[C@@H](c4ccccn4)[C@@H]3c3ccc(-c4ccc(F)cc4)o3)cc2Cl)C1. The van der Waals surface area contributed by atoms with Gasteiger partial charge in [-0.05, 0) is 97.2 Å². The molecule has 4 heterocycles. The summed E-state index contributed by atoms with van der Waals surface area (Å²) in [6, 6.07) is 21.6. The molecule has 0 unspecified atom stereocenters. The van der Waals surface area contributed by atoms with Crippen molar-refractivity contribution >= 4 is 40.3 Å². The number of hydrogen-bond acceptors (Lipinski definition) is 4. The lowest BCUT2D eigenvalue weighted by Crippen LogP contribution is -2.38. The summed E-state index contributed by atoms with van der Waals surface area (Å²) in [6.07, 6.45) is 3.01. The molecule has 5 nitrogen and oxygen atoms in total. The number of anilines is 2. The second kappa shape index (κ2) is 10.6. The minimum absolute atomic E-state index is 0.242. The van der Waals surface area contributed by atoms with Crippen LogP contribution < -0.4 is 15.1 Å². The molecule has 0 spiro atoms. The van der Waals surface area contributed by atoms with Crippen LogP contribution in [0.1, 0.15) is 43.8 Å². The van der Waals surface area contributed by atoms with E-state index < -0.39 is 0 Å². The normalized spacial score (nSPS) is 23.2. The Morgan fingerprint density at radius 1 is 1.00 bits per heavy atom. The Labute approximate surface area is 238 Å². The second-order valence-corrected chi connectivity index (χ2v) is 11.5. The maximum atomic E-state index is 13.5. The van der Waals surface area contributed by atoms with Crippen molar-refractivity contribution in [2.24, 2.45) is 11.8 Å². The number of benzene rings is 2. The first-order valence-corrected chi connectivity index (χ1v) is 14.1. The molecule has 200 valence electrons. The Bertz CT molecular complexity index is 1470. The van der Waals surface area contributed by atoms with E-state index in [1.807, 2.05) is 36.4 Å². The van der Waals surface area contributed by atoms with Crippen LogP contribution in [0.2, 0.25) is 5.02 Å². The first kappa shape index (κ1) is 25.8. The minimum Gasteiger partial charge on any atom is -0.459 e. The molecular weight excluding hydrogens is 531 g/mol. The van der Waals surface area contributed by atoms with Gasteiger partial charge >= 0.3 is 0 Å². The fraction of sp³-hybridized carbons (Fsp3) is 0.290. The highest BCUT2D eigenvalue weighted by atomic mass is 35.5. The predicted octanol–water partition coefficient (Wildman–Crippen LogP) is 7.79. The van der Waals surface area contributed by atoms with Crippen LogP contribution in [0.15, 0.2) is 83.4 Å². The summed E-state index contributed by atoms with van der Waals surface area (Å²) in [5.74, 6) is 2.33. The zero-order valence-electron chi connectivity index (χ0n) is 21.9. The summed E-state index contributed by atoms with van der Waals surface area (Å²) in [5, 5.41) is 4.73. The number of pyridine rings is 1. The first-order chi connectivity index (χ1) is 18.9. The number of furan rings is 1. The molecule has 2 aromatic carbocycles. The Morgan fingerprint density at radius 2 is 1.77 bits per heavy atom. The third-order valence-electron chi connectivity index (χ3n) is 7.56. The van der Waals surface area contributed by atoms with Crippen LogP contribution in [0.25, 0.3) is 11.3 Å². The smallest absolute Gasteiger partial charge is 0.174 e. The van der Waals surface area contributed by atoms with Crippen LogP contribution in [0.4, 0.5) is 15.8 Å². The number of halogens is 2. The molecule has 8 heteroatoms. The Kier molecular flexibility index (Phi) is 7.04. The highest BCUT2D eigenvalue weighted by Crippen LogP contribution is 2.44. The van der Waals surface area contributed by atoms with Gasteiger partial charge in [0, 0.05) is 30.5 Å². The van der Waals surface area contributed by atoms with Crippen molar-refractivity contribution in [1.82, 2.24) is 10.3 Å². The monoisotopic (exact) mass is 560 g/mol. The molecule has 0 bridgehead atoms. The number of nitrogens with one attached hydrogen (secondary N) is 1. The molecule has 4 atom stereocenters. The van der Waals surface area contributed by atoms with Gasteiger partial charge in [0.15, 0.2) is 5.11 Å². The quantitative estimate of drug-likeness (QED) is 0.251. The van der Waals surface area contributed by atoms with Gasteiger partial charge in [-0.1, -0.05) is 31.5 Å². The lowest BCUT2D eigenvalue weighted by Gasteiger charge is -2.37. The molecule has 0 amide bonds. The number of nitrogens with zero attached hydrogens (tertiary/aromatic N) is 3.